The molecule has 2 aromatic carbocycles. The van der Waals surface area contributed by atoms with Crippen molar-refractivity contribution in [3.05, 3.63) is 58.1 Å². The fourth-order valence-electron chi connectivity index (χ4n) is 2.16. The smallest absolute Gasteiger partial charge is 0.292 e. The lowest BCUT2D eigenvalue weighted by Gasteiger charge is -2.17. The van der Waals surface area contributed by atoms with Crippen LogP contribution in [0.5, 0.6) is 11.5 Å². The van der Waals surface area contributed by atoms with E-state index in [-0.39, 0.29) is 11.4 Å². The minimum absolute atomic E-state index is 0.0859. The van der Waals surface area contributed by atoms with Crippen LogP contribution in [0.4, 0.5) is 11.4 Å². The summed E-state index contributed by atoms with van der Waals surface area (Å²) in [6, 6.07) is 12.4. The molecule has 26 heavy (non-hydrogen) atoms. The molecule has 1 amide bonds. The zero-order chi connectivity index (χ0) is 19.1. The molecule has 0 saturated heterocycles. The molecular formula is C18H17N3O5. The number of carbonyl (C=O) groups excluding carboxylic acids is 1. The van der Waals surface area contributed by atoms with Crippen molar-refractivity contribution in [1.29, 1.82) is 5.26 Å². The number of nitro benzene ring substituents is 1. The van der Waals surface area contributed by atoms with Crippen LogP contribution in [0, 0.1) is 21.4 Å². The molecule has 134 valence electrons. The number of nitrogens with zero attached hydrogens (tertiary/aromatic N) is 2. The average molecular weight is 355 g/mol. The Morgan fingerprint density at radius 2 is 2.04 bits per heavy atom. The maximum atomic E-state index is 12.3. The summed E-state index contributed by atoms with van der Waals surface area (Å²) in [7, 11) is 0. The van der Waals surface area contributed by atoms with Crippen molar-refractivity contribution in [2.24, 2.45) is 0 Å². The summed E-state index contributed by atoms with van der Waals surface area (Å²) >= 11 is 0. The molecule has 0 spiro atoms. The van der Waals surface area contributed by atoms with E-state index in [1.165, 1.54) is 37.3 Å². The first-order chi connectivity index (χ1) is 12.5. The number of nitriles is 1. The minimum atomic E-state index is -0.943. The molecule has 0 unspecified atom stereocenters. The Bertz CT molecular complexity index is 860. The van der Waals surface area contributed by atoms with Crippen molar-refractivity contribution in [3.63, 3.8) is 0 Å². The number of amides is 1. The summed E-state index contributed by atoms with van der Waals surface area (Å²) in [5, 5.41) is 22.5. The molecule has 0 saturated carbocycles. The quantitative estimate of drug-likeness (QED) is 0.602. The topological polar surface area (TPSA) is 114 Å². The summed E-state index contributed by atoms with van der Waals surface area (Å²) in [5.74, 6) is 0.0964. The van der Waals surface area contributed by atoms with E-state index in [9.17, 15) is 14.9 Å². The second-order valence-corrected chi connectivity index (χ2v) is 5.23. The Balaban J connectivity index is 2.15. The summed E-state index contributed by atoms with van der Waals surface area (Å²) in [5.41, 5.74) is 0.280. The Hall–Kier alpha value is -3.60. The lowest BCUT2D eigenvalue weighted by Crippen LogP contribution is -2.30. The van der Waals surface area contributed by atoms with E-state index in [1.807, 2.05) is 6.07 Å². The summed E-state index contributed by atoms with van der Waals surface area (Å²) < 4.78 is 11.0. The van der Waals surface area contributed by atoms with Gasteiger partial charge in [-0.05, 0) is 32.0 Å². The van der Waals surface area contributed by atoms with Gasteiger partial charge in [-0.1, -0.05) is 12.1 Å². The standard InChI is InChI=1S/C18H17N3O5/c1-3-25-17-10-13(11-19)8-9-16(17)26-12(2)18(22)20-14-6-4-5-7-15(14)21(23)24/h4-10,12H,3H2,1-2H3,(H,20,22)/t12-/m1/s1. The highest BCUT2D eigenvalue weighted by atomic mass is 16.6. The van der Waals surface area contributed by atoms with Crippen LogP contribution in [0.1, 0.15) is 19.4 Å². The van der Waals surface area contributed by atoms with Gasteiger partial charge in [-0.2, -0.15) is 5.26 Å². The third kappa shape index (κ3) is 4.48. The van der Waals surface area contributed by atoms with Crippen molar-refractivity contribution >= 4 is 17.3 Å². The number of nitro groups is 1. The number of carbonyl (C=O) groups is 1. The Kier molecular flexibility index (Phi) is 6.11. The van der Waals surface area contributed by atoms with Crippen LogP contribution >= 0.6 is 0 Å². The van der Waals surface area contributed by atoms with Crippen molar-refractivity contribution in [2.45, 2.75) is 20.0 Å². The van der Waals surface area contributed by atoms with Gasteiger partial charge in [0.25, 0.3) is 11.6 Å². The zero-order valence-electron chi connectivity index (χ0n) is 14.3. The molecule has 0 bridgehead atoms. The van der Waals surface area contributed by atoms with E-state index < -0.39 is 16.9 Å². The van der Waals surface area contributed by atoms with Crippen LogP contribution in [0.2, 0.25) is 0 Å². The van der Waals surface area contributed by atoms with E-state index in [0.717, 1.165) is 0 Å². The number of hydrogen-bond donors (Lipinski definition) is 1. The second kappa shape index (κ2) is 8.48. The molecule has 1 N–H and O–H groups in total. The van der Waals surface area contributed by atoms with Crippen molar-refractivity contribution in [3.8, 4) is 17.6 Å². The highest BCUT2D eigenvalue weighted by Gasteiger charge is 2.21. The molecule has 0 radical (unpaired) electrons. The predicted molar refractivity (Wildman–Crippen MR) is 94.1 cm³/mol. The van der Waals surface area contributed by atoms with Gasteiger partial charge in [0.15, 0.2) is 17.6 Å². The van der Waals surface area contributed by atoms with Crippen LogP contribution in [0.3, 0.4) is 0 Å². The molecule has 2 rings (SSSR count). The van der Waals surface area contributed by atoms with Crippen LogP contribution in [0.25, 0.3) is 0 Å². The summed E-state index contributed by atoms with van der Waals surface area (Å²) in [6.07, 6.45) is -0.943. The Morgan fingerprint density at radius 1 is 1.31 bits per heavy atom. The average Bonchev–Trinajstić information content (AvgIpc) is 2.63. The van der Waals surface area contributed by atoms with Crippen LogP contribution < -0.4 is 14.8 Å². The van der Waals surface area contributed by atoms with Crippen molar-refractivity contribution in [2.75, 3.05) is 11.9 Å². The molecule has 8 nitrogen and oxygen atoms in total. The van der Waals surface area contributed by atoms with E-state index in [4.69, 9.17) is 14.7 Å². The fraction of sp³-hybridized carbons (Fsp3) is 0.222. The fourth-order valence-corrected chi connectivity index (χ4v) is 2.16. The molecule has 0 aliphatic heterocycles. The third-order valence-corrected chi connectivity index (χ3v) is 3.40. The molecule has 0 fully saturated rings. The lowest BCUT2D eigenvalue weighted by molar-refractivity contribution is -0.383. The van der Waals surface area contributed by atoms with Gasteiger partial charge in [-0.15, -0.1) is 0 Å². The molecule has 0 aliphatic carbocycles. The number of nitrogens with one attached hydrogen (secondary N) is 1. The highest BCUT2D eigenvalue weighted by Crippen LogP contribution is 2.30. The molecule has 2 aromatic rings. The zero-order valence-corrected chi connectivity index (χ0v) is 14.3. The molecule has 0 aromatic heterocycles. The Morgan fingerprint density at radius 3 is 2.69 bits per heavy atom. The number of benzene rings is 2. The maximum Gasteiger partial charge on any atom is 0.292 e. The van der Waals surface area contributed by atoms with Gasteiger partial charge in [0.1, 0.15) is 5.69 Å². The molecule has 1 atom stereocenters. The van der Waals surface area contributed by atoms with E-state index in [1.54, 1.807) is 19.1 Å². The van der Waals surface area contributed by atoms with Gasteiger partial charge < -0.3 is 14.8 Å². The summed E-state index contributed by atoms with van der Waals surface area (Å²) in [4.78, 5) is 22.8. The molecule has 8 heteroatoms. The SMILES string of the molecule is CCOc1cc(C#N)ccc1O[C@H](C)C(=O)Nc1ccccc1[N+](=O)[O-]. The van der Waals surface area contributed by atoms with Crippen molar-refractivity contribution in [1.82, 2.24) is 0 Å². The predicted octanol–water partition coefficient (Wildman–Crippen LogP) is 3.27. The van der Waals surface area contributed by atoms with Crippen LogP contribution in [0.15, 0.2) is 42.5 Å². The second-order valence-electron chi connectivity index (χ2n) is 5.23. The van der Waals surface area contributed by atoms with Gasteiger partial charge in [0.05, 0.1) is 23.2 Å². The van der Waals surface area contributed by atoms with Gasteiger partial charge >= 0.3 is 0 Å². The van der Waals surface area contributed by atoms with E-state index in [0.29, 0.717) is 23.7 Å². The third-order valence-electron chi connectivity index (χ3n) is 3.40. The summed E-state index contributed by atoms with van der Waals surface area (Å²) in [6.45, 7) is 3.66. The van der Waals surface area contributed by atoms with Gasteiger partial charge in [-0.3, -0.25) is 14.9 Å². The molecular weight excluding hydrogens is 338 g/mol. The van der Waals surface area contributed by atoms with E-state index >= 15 is 0 Å². The first kappa shape index (κ1) is 18.7. The van der Waals surface area contributed by atoms with E-state index in [2.05, 4.69) is 5.32 Å². The monoisotopic (exact) mass is 355 g/mol. The lowest BCUT2D eigenvalue weighted by atomic mass is 10.2. The highest BCUT2D eigenvalue weighted by molar-refractivity contribution is 5.96. The van der Waals surface area contributed by atoms with Crippen LogP contribution in [-0.2, 0) is 4.79 Å². The van der Waals surface area contributed by atoms with Gasteiger partial charge in [-0.25, -0.2) is 0 Å². The Labute approximate surface area is 150 Å². The normalized spacial score (nSPS) is 11.1. The molecule has 0 heterocycles. The number of ether oxygens (including phenoxy) is 2. The first-order valence-corrected chi connectivity index (χ1v) is 7.84. The number of rotatable bonds is 7. The largest absolute Gasteiger partial charge is 0.490 e. The number of para-hydroxylation sites is 2. The molecule has 0 aliphatic rings. The van der Waals surface area contributed by atoms with Crippen LogP contribution in [-0.4, -0.2) is 23.5 Å². The minimum Gasteiger partial charge on any atom is -0.490 e. The number of anilines is 1. The van der Waals surface area contributed by atoms with Gasteiger partial charge in [0, 0.05) is 12.1 Å². The van der Waals surface area contributed by atoms with Gasteiger partial charge in [0.2, 0.25) is 0 Å². The number of hydrogen-bond acceptors (Lipinski definition) is 6. The maximum absolute atomic E-state index is 12.3. The van der Waals surface area contributed by atoms with Crippen molar-refractivity contribution < 1.29 is 19.2 Å². The first-order valence-electron chi connectivity index (χ1n) is 7.84.